The van der Waals surface area contributed by atoms with Gasteiger partial charge in [-0.25, -0.2) is 46.7 Å². The van der Waals surface area contributed by atoms with Gasteiger partial charge >= 0.3 is 0 Å². The van der Waals surface area contributed by atoms with Crippen molar-refractivity contribution in [1.29, 1.82) is 0 Å². The van der Waals surface area contributed by atoms with Crippen molar-refractivity contribution < 1.29 is 41.1 Å². The first kappa shape index (κ1) is 88.2. The average molecular weight is 1740 g/mol. The van der Waals surface area contributed by atoms with Crippen molar-refractivity contribution >= 4 is 108 Å². The first-order chi connectivity index (χ1) is 58.6. The highest BCUT2D eigenvalue weighted by atomic mass is 35.5. The summed E-state index contributed by atoms with van der Waals surface area (Å²) in [5, 5.41) is 23.5. The van der Waals surface area contributed by atoms with Gasteiger partial charge in [-0.15, -0.1) is 0 Å². The molecular weight excluding hydrogens is 1660 g/mol. The number of benzene rings is 4. The number of hydrogen-bond donors (Lipinski definition) is 7. The summed E-state index contributed by atoms with van der Waals surface area (Å²) in [5.74, 6) is 2.89. The van der Waals surface area contributed by atoms with Gasteiger partial charge in [0, 0.05) is 49.6 Å². The maximum atomic E-state index is 13.0. The molecular formula is C83H80Cl3N25O9S2. The number of nitrogens with one attached hydrogen (secondary N) is 6. The lowest BCUT2D eigenvalue weighted by molar-refractivity contribution is 0.101. The normalized spacial score (nSPS) is 13.0. The molecule has 122 heavy (non-hydrogen) atoms. The molecule has 0 bridgehead atoms. The Balaban J connectivity index is 0.000000149. The van der Waals surface area contributed by atoms with Crippen LogP contribution in [-0.2, 0) is 26.5 Å². The number of carbonyl (C=O) groups is 4. The van der Waals surface area contributed by atoms with Gasteiger partial charge in [0.1, 0.15) is 51.9 Å². The summed E-state index contributed by atoms with van der Waals surface area (Å²) in [6.07, 6.45) is 11.6. The van der Waals surface area contributed by atoms with E-state index in [-0.39, 0.29) is 74.5 Å². The average Bonchev–Trinajstić information content (AvgIpc) is 0.786. The van der Waals surface area contributed by atoms with E-state index in [0.29, 0.717) is 116 Å². The van der Waals surface area contributed by atoms with E-state index < -0.39 is 49.1 Å². The fourth-order valence-electron chi connectivity index (χ4n) is 12.1. The fraction of sp³-hybridized carbons (Fsp3) is 0.229. The zero-order valence-corrected chi connectivity index (χ0v) is 70.6. The number of anilines is 5. The lowest BCUT2D eigenvalue weighted by Gasteiger charge is -2.28. The van der Waals surface area contributed by atoms with Crippen LogP contribution in [-0.4, -0.2) is 177 Å². The number of aryl methyl sites for hydroxylation is 5. The quantitative estimate of drug-likeness (QED) is 0.0372. The summed E-state index contributed by atoms with van der Waals surface area (Å²) in [6, 6.07) is 44.8. The van der Waals surface area contributed by atoms with E-state index in [0.717, 1.165) is 43.5 Å². The first-order valence-electron chi connectivity index (χ1n) is 38.1. The second-order valence-electron chi connectivity index (χ2n) is 27.7. The Bertz CT molecular complexity index is 6160. The minimum Gasteiger partial charge on any atom is -0.393 e. The number of amides is 4. The van der Waals surface area contributed by atoms with Gasteiger partial charge < -0.3 is 10.4 Å². The van der Waals surface area contributed by atoms with E-state index in [1.54, 1.807) is 128 Å². The van der Waals surface area contributed by atoms with Crippen LogP contribution < -0.4 is 31.3 Å². The van der Waals surface area contributed by atoms with E-state index in [4.69, 9.17) is 34.8 Å². The van der Waals surface area contributed by atoms with Crippen molar-refractivity contribution in [2.45, 2.75) is 96.8 Å². The van der Waals surface area contributed by atoms with E-state index in [2.05, 4.69) is 121 Å². The number of rotatable bonds is 20. The Morgan fingerprint density at radius 1 is 0.443 bits per heavy atom. The summed E-state index contributed by atoms with van der Waals surface area (Å²) in [5.41, 5.74) is 5.99. The largest absolute Gasteiger partial charge is 0.393 e. The predicted molar refractivity (Wildman–Crippen MR) is 461 cm³/mol. The van der Waals surface area contributed by atoms with Crippen LogP contribution in [0.15, 0.2) is 194 Å². The molecule has 0 aliphatic carbocycles. The Kier molecular flexibility index (Phi) is 29.5. The first-order valence-corrected chi connectivity index (χ1v) is 42.2. The Morgan fingerprint density at radius 3 is 1.23 bits per heavy atom. The van der Waals surface area contributed by atoms with Crippen LogP contribution in [0.3, 0.4) is 0 Å². The summed E-state index contributed by atoms with van der Waals surface area (Å²) >= 11 is 18.9. The second kappa shape index (κ2) is 40.8. The number of pyridine rings is 4. The fourth-order valence-corrected chi connectivity index (χ4v) is 15.2. The van der Waals surface area contributed by atoms with Gasteiger partial charge in [0.15, 0.2) is 23.3 Å². The van der Waals surface area contributed by atoms with E-state index in [1.165, 1.54) is 46.9 Å². The monoisotopic (exact) mass is 1740 g/mol. The second-order valence-corrected chi connectivity index (χ2v) is 33.1. The SMILES string of the molecule is Cc1nc(NC(=O)c2ccc(CC3CCNCC3)cc2Cl)nc(-c2ccccn2)n1.Cc1nc(NC(=O)c2ccc(NS(=O)(=O)C(C)C)cc2Cl)nc(-c2ccccn2)n1.Cc1nc(NC(=O)c2ccc(S(=O)(=O)N3CCC(O)CC3)cc2Cl)nc(-c2ccccn2)n1.Cc1nc(NC(=O)c2cnc(C)nc2-c2ccccc2)nc(-c2ccccn2)n1. The molecule has 4 amide bonds. The number of sulfonamides is 2. The molecule has 2 saturated heterocycles. The Labute approximate surface area is 716 Å². The van der Waals surface area contributed by atoms with Crippen molar-refractivity contribution in [2.75, 3.05) is 52.2 Å². The summed E-state index contributed by atoms with van der Waals surface area (Å²) in [4.78, 5) is 128. The number of piperidine rings is 2. The zero-order chi connectivity index (χ0) is 86.6. The number of halogens is 3. The van der Waals surface area contributed by atoms with Crippen LogP contribution in [0.2, 0.25) is 15.1 Å². The molecule has 624 valence electrons. The standard InChI is InChI=1S/C22H23ClN6O.C21H21ClN6O4S.C21H17N7O.C19H19ClN6O3S/c1-14-26-20(19-4-2-3-9-25-19)28-22(27-14)29-21(30)17-6-5-16(13-18(17)23)12-15-7-10-24-11-8-15;1-13-24-19(18-4-2-3-9-23-18)26-21(25-13)27-20(30)16-6-5-15(12-17(16)22)33(31,32)28-10-7-14(29)8-11-28;1-13-23-12-16(18(24-13)15-8-4-3-5-9-15)20(29)28-21-26-14(2)25-19(27-21)17-10-6-7-11-22-17;1-11(2)30(28,29)26-13-7-8-14(15(20)10-13)18(27)25-19-23-12(3)22-17(24-19)16-6-4-5-9-21-16/h2-6,9,13,15,24H,7-8,10-12H2,1H3,(H,26,27,28,29,30);2-6,9,12,14,29H,7-8,10-11H2,1H3,(H,24,25,26,27,30);3-12H,1-2H3,(H,25,26,27,28,29);4-11,26H,1-3H3,(H,22,23,24,25,27). The molecule has 0 spiro atoms. The van der Waals surface area contributed by atoms with Crippen molar-refractivity contribution in [3.05, 3.63) is 261 Å². The lowest BCUT2D eigenvalue weighted by atomic mass is 9.91. The van der Waals surface area contributed by atoms with E-state index in [1.807, 2.05) is 66.7 Å². The van der Waals surface area contributed by atoms with Crippen molar-refractivity contribution in [1.82, 2.24) is 99.3 Å². The predicted octanol–water partition coefficient (Wildman–Crippen LogP) is 12.5. The third-order valence-corrected chi connectivity index (χ3v) is 22.9. The van der Waals surface area contributed by atoms with Crippen molar-refractivity contribution in [2.24, 2.45) is 5.92 Å². The molecule has 0 saturated carbocycles. The number of aliphatic hydroxyl groups is 1. The highest BCUT2D eigenvalue weighted by molar-refractivity contribution is 7.93. The molecule has 0 unspecified atom stereocenters. The Hall–Kier alpha value is -13.1. The minimum absolute atomic E-state index is 0.0196. The maximum absolute atomic E-state index is 13.0. The maximum Gasteiger partial charge on any atom is 0.261 e. The molecule has 2 fully saturated rings. The molecule has 9 aromatic heterocycles. The van der Waals surface area contributed by atoms with Crippen LogP contribution in [0.4, 0.5) is 29.5 Å². The molecule has 4 aromatic carbocycles. The Morgan fingerprint density at radius 2 is 0.836 bits per heavy atom. The number of aromatic nitrogens is 18. The number of hydrogen-bond acceptors (Lipinski definition) is 28. The van der Waals surface area contributed by atoms with Gasteiger partial charge in [-0.3, -0.25) is 65.1 Å². The van der Waals surface area contributed by atoms with Crippen LogP contribution in [0, 0.1) is 40.5 Å². The summed E-state index contributed by atoms with van der Waals surface area (Å²) in [7, 11) is -7.31. The third-order valence-electron chi connectivity index (χ3n) is 18.3. The number of nitrogens with zero attached hydrogens (tertiary/aromatic N) is 19. The van der Waals surface area contributed by atoms with Crippen molar-refractivity contribution in [3.8, 4) is 57.3 Å². The van der Waals surface area contributed by atoms with Gasteiger partial charge in [-0.05, 0) is 202 Å². The topological polar surface area (TPSA) is 464 Å². The van der Waals surface area contributed by atoms with Gasteiger partial charge in [-0.2, -0.15) is 44.2 Å². The summed E-state index contributed by atoms with van der Waals surface area (Å²) < 4.78 is 53.5. The van der Waals surface area contributed by atoms with Gasteiger partial charge in [0.05, 0.1) is 65.0 Å². The van der Waals surface area contributed by atoms with Gasteiger partial charge in [0.2, 0.25) is 43.8 Å². The molecule has 0 atom stereocenters. The van der Waals surface area contributed by atoms with Gasteiger partial charge in [-0.1, -0.05) is 95.5 Å². The molecule has 39 heteroatoms. The highest BCUT2D eigenvalue weighted by Gasteiger charge is 2.31. The third kappa shape index (κ3) is 23.9. The molecule has 0 radical (unpaired) electrons. The zero-order valence-electron chi connectivity index (χ0n) is 66.7. The number of aliphatic hydroxyl groups excluding tert-OH is 1. The molecule has 7 N–H and O–H groups in total. The van der Waals surface area contributed by atoms with Crippen LogP contribution in [0.1, 0.15) is 116 Å². The molecule has 2 aliphatic heterocycles. The molecule has 34 nitrogen and oxygen atoms in total. The minimum atomic E-state index is -3.79. The summed E-state index contributed by atoms with van der Waals surface area (Å²) in [6.45, 7) is 14.3. The number of carbonyl (C=O) groups excluding carboxylic acids is 4. The van der Waals surface area contributed by atoms with Crippen molar-refractivity contribution in [3.63, 3.8) is 0 Å². The van der Waals surface area contributed by atoms with Crippen LogP contribution >= 0.6 is 34.8 Å². The van der Waals surface area contributed by atoms with Gasteiger partial charge in [0.25, 0.3) is 23.6 Å². The molecule has 15 rings (SSSR count). The van der Waals surface area contributed by atoms with Crippen LogP contribution in [0.25, 0.3) is 57.3 Å². The smallest absolute Gasteiger partial charge is 0.261 e. The van der Waals surface area contributed by atoms with Crippen LogP contribution in [0.5, 0.6) is 0 Å². The lowest BCUT2D eigenvalue weighted by Crippen LogP contribution is -2.40. The van der Waals surface area contributed by atoms with E-state index >= 15 is 0 Å². The molecule has 13 aromatic rings. The highest BCUT2D eigenvalue weighted by Crippen LogP contribution is 2.31. The molecule has 11 heterocycles. The molecule has 2 aliphatic rings. The van der Waals surface area contributed by atoms with E-state index in [9.17, 15) is 41.1 Å².